The number of amides is 1. The first-order valence-corrected chi connectivity index (χ1v) is 7.92. The van der Waals surface area contributed by atoms with Gasteiger partial charge in [0, 0.05) is 12.2 Å². The van der Waals surface area contributed by atoms with Crippen LogP contribution in [0.25, 0.3) is 0 Å². The predicted molar refractivity (Wildman–Crippen MR) is 76.8 cm³/mol. The van der Waals surface area contributed by atoms with Crippen LogP contribution < -0.4 is 15.8 Å². The molecule has 7 heteroatoms. The van der Waals surface area contributed by atoms with Crippen molar-refractivity contribution in [2.45, 2.75) is 37.1 Å². The zero-order chi connectivity index (χ0) is 15.0. The summed E-state index contributed by atoms with van der Waals surface area (Å²) in [6.45, 7) is 3.72. The maximum atomic E-state index is 12.5. The van der Waals surface area contributed by atoms with Crippen molar-refractivity contribution in [3.63, 3.8) is 0 Å². The Labute approximate surface area is 118 Å². The van der Waals surface area contributed by atoms with E-state index >= 15 is 0 Å². The number of carbonyl (C=O) groups is 1. The molecule has 0 fully saturated rings. The molecule has 2 rings (SSSR count). The van der Waals surface area contributed by atoms with Crippen LogP contribution in [0.3, 0.4) is 0 Å². The normalized spacial score (nSPS) is 15.3. The summed E-state index contributed by atoms with van der Waals surface area (Å²) in [7, 11) is -3.80. The molecule has 0 aliphatic carbocycles. The van der Waals surface area contributed by atoms with Gasteiger partial charge in [-0.2, -0.15) is 4.72 Å². The molecule has 1 amide bonds. The van der Waals surface area contributed by atoms with E-state index in [4.69, 9.17) is 5.73 Å². The lowest BCUT2D eigenvalue weighted by Gasteiger charge is -2.25. The number of hydrogen-bond donors (Lipinski definition) is 3. The molecule has 20 heavy (non-hydrogen) atoms. The molecule has 0 saturated heterocycles. The molecule has 4 N–H and O–H groups in total. The summed E-state index contributed by atoms with van der Waals surface area (Å²) in [4.78, 5) is 11.5. The van der Waals surface area contributed by atoms with Gasteiger partial charge in [-0.15, -0.1) is 0 Å². The Morgan fingerprint density at radius 3 is 2.75 bits per heavy atom. The van der Waals surface area contributed by atoms with E-state index in [9.17, 15) is 13.2 Å². The quantitative estimate of drug-likeness (QED) is 0.757. The molecule has 6 nitrogen and oxygen atoms in total. The summed E-state index contributed by atoms with van der Waals surface area (Å²) >= 11 is 0. The fourth-order valence-corrected chi connectivity index (χ4v) is 3.85. The number of fused-ring (bicyclic) bond motifs is 1. The number of rotatable bonds is 4. The molecular weight excluding hydrogens is 278 g/mol. The third kappa shape index (κ3) is 2.78. The van der Waals surface area contributed by atoms with Crippen LogP contribution in [0.2, 0.25) is 0 Å². The van der Waals surface area contributed by atoms with Crippen LogP contribution in [0.1, 0.15) is 25.8 Å². The number of primary amides is 1. The van der Waals surface area contributed by atoms with Gasteiger partial charge in [0.1, 0.15) is 5.54 Å². The first-order valence-electron chi connectivity index (χ1n) is 6.44. The third-order valence-corrected chi connectivity index (χ3v) is 5.09. The molecule has 1 aliphatic rings. The molecule has 0 bridgehead atoms. The van der Waals surface area contributed by atoms with Crippen LogP contribution in [0.4, 0.5) is 5.69 Å². The van der Waals surface area contributed by atoms with Crippen LogP contribution in [0.5, 0.6) is 0 Å². The zero-order valence-corrected chi connectivity index (χ0v) is 12.4. The fraction of sp³-hybridized carbons (Fsp3) is 0.462. The Hall–Kier alpha value is -1.60. The summed E-state index contributed by atoms with van der Waals surface area (Å²) in [6, 6.07) is 5.08. The van der Waals surface area contributed by atoms with E-state index < -0.39 is 21.5 Å². The number of benzene rings is 1. The van der Waals surface area contributed by atoms with Crippen molar-refractivity contribution in [3.8, 4) is 0 Å². The van der Waals surface area contributed by atoms with Crippen LogP contribution in [0.15, 0.2) is 23.1 Å². The van der Waals surface area contributed by atoms with E-state index in [-0.39, 0.29) is 4.90 Å². The molecule has 0 unspecified atom stereocenters. The molecule has 1 aliphatic heterocycles. The first kappa shape index (κ1) is 14.8. The number of nitrogens with one attached hydrogen (secondary N) is 2. The van der Waals surface area contributed by atoms with E-state index in [1.807, 2.05) is 6.07 Å². The highest BCUT2D eigenvalue weighted by molar-refractivity contribution is 7.89. The maximum Gasteiger partial charge on any atom is 0.241 e. The SMILES string of the molecule is CC(C)(NS(=O)(=O)c1cccc2c1CCCN2)C(N)=O. The smallest absolute Gasteiger partial charge is 0.241 e. The summed E-state index contributed by atoms with van der Waals surface area (Å²) in [6.07, 6.45) is 1.56. The van der Waals surface area contributed by atoms with E-state index in [0.29, 0.717) is 6.42 Å². The van der Waals surface area contributed by atoms with Gasteiger partial charge in [0.2, 0.25) is 15.9 Å². The summed E-state index contributed by atoms with van der Waals surface area (Å²) < 4.78 is 27.3. The molecule has 1 aromatic rings. The Balaban J connectivity index is 2.43. The van der Waals surface area contributed by atoms with Crippen LogP contribution in [0, 0.1) is 0 Å². The highest BCUT2D eigenvalue weighted by Gasteiger charge is 2.33. The Kier molecular flexibility index (Phi) is 3.75. The van der Waals surface area contributed by atoms with Crippen LogP contribution in [-0.4, -0.2) is 26.4 Å². The Bertz CT molecular complexity index is 638. The van der Waals surface area contributed by atoms with Gasteiger partial charge in [0.15, 0.2) is 0 Å². The number of nitrogens with two attached hydrogens (primary N) is 1. The summed E-state index contributed by atoms with van der Waals surface area (Å²) in [5.74, 6) is -0.719. The molecule has 0 radical (unpaired) electrons. The molecular formula is C13H19N3O3S. The summed E-state index contributed by atoms with van der Waals surface area (Å²) in [5, 5.41) is 3.18. The van der Waals surface area contributed by atoms with Crippen molar-refractivity contribution in [2.24, 2.45) is 5.73 Å². The van der Waals surface area contributed by atoms with Gasteiger partial charge in [-0.3, -0.25) is 4.79 Å². The van der Waals surface area contributed by atoms with Crippen molar-refractivity contribution in [3.05, 3.63) is 23.8 Å². The van der Waals surface area contributed by atoms with Gasteiger partial charge >= 0.3 is 0 Å². The van der Waals surface area contributed by atoms with Gasteiger partial charge in [-0.05, 0) is 44.4 Å². The number of anilines is 1. The second-order valence-corrected chi connectivity index (χ2v) is 7.06. The van der Waals surface area contributed by atoms with Crippen LogP contribution >= 0.6 is 0 Å². The van der Waals surface area contributed by atoms with Crippen molar-refractivity contribution in [1.82, 2.24) is 4.72 Å². The molecule has 110 valence electrons. The standard InChI is InChI=1S/C13H19N3O3S/c1-13(2,12(14)17)16-20(18,19)11-7-3-6-10-9(11)5-4-8-15-10/h3,6-7,15-16H,4-5,8H2,1-2H3,(H2,14,17). The van der Waals surface area contributed by atoms with Gasteiger partial charge in [0.25, 0.3) is 0 Å². The largest absolute Gasteiger partial charge is 0.385 e. The topological polar surface area (TPSA) is 101 Å². The number of hydrogen-bond acceptors (Lipinski definition) is 4. The summed E-state index contributed by atoms with van der Waals surface area (Å²) in [5.41, 5.74) is 5.47. The Morgan fingerprint density at radius 1 is 1.40 bits per heavy atom. The molecule has 0 atom stereocenters. The van der Waals surface area contributed by atoms with Crippen molar-refractivity contribution >= 4 is 21.6 Å². The van der Waals surface area contributed by atoms with Crippen molar-refractivity contribution in [2.75, 3.05) is 11.9 Å². The lowest BCUT2D eigenvalue weighted by atomic mass is 10.0. The van der Waals surface area contributed by atoms with E-state index in [2.05, 4.69) is 10.0 Å². The van der Waals surface area contributed by atoms with Gasteiger partial charge in [-0.1, -0.05) is 6.07 Å². The monoisotopic (exact) mass is 297 g/mol. The van der Waals surface area contributed by atoms with Crippen LogP contribution in [-0.2, 0) is 21.2 Å². The highest BCUT2D eigenvalue weighted by Crippen LogP contribution is 2.28. The van der Waals surface area contributed by atoms with Crippen molar-refractivity contribution in [1.29, 1.82) is 0 Å². The van der Waals surface area contributed by atoms with Gasteiger partial charge in [0.05, 0.1) is 4.90 Å². The molecule has 0 saturated carbocycles. The second kappa shape index (κ2) is 5.06. The second-order valence-electron chi connectivity index (χ2n) is 5.41. The maximum absolute atomic E-state index is 12.5. The average Bonchev–Trinajstić information content (AvgIpc) is 2.36. The Morgan fingerprint density at radius 2 is 2.10 bits per heavy atom. The molecule has 1 heterocycles. The van der Waals surface area contributed by atoms with E-state index in [0.717, 1.165) is 24.2 Å². The minimum absolute atomic E-state index is 0.205. The fourth-order valence-electron chi connectivity index (χ4n) is 2.17. The first-order chi connectivity index (χ1) is 9.24. The van der Waals surface area contributed by atoms with Gasteiger partial charge < -0.3 is 11.1 Å². The molecule has 1 aromatic carbocycles. The minimum atomic E-state index is -3.80. The lowest BCUT2D eigenvalue weighted by Crippen LogP contribution is -2.52. The van der Waals surface area contributed by atoms with Crippen molar-refractivity contribution < 1.29 is 13.2 Å². The zero-order valence-electron chi connectivity index (χ0n) is 11.6. The minimum Gasteiger partial charge on any atom is -0.385 e. The average molecular weight is 297 g/mol. The predicted octanol–water partition coefficient (Wildman–Crippen LogP) is 0.587. The lowest BCUT2D eigenvalue weighted by molar-refractivity contribution is -0.122. The number of carbonyl (C=O) groups excluding carboxylic acids is 1. The van der Waals surface area contributed by atoms with Gasteiger partial charge in [-0.25, -0.2) is 8.42 Å². The van der Waals surface area contributed by atoms with E-state index in [1.54, 1.807) is 12.1 Å². The van der Waals surface area contributed by atoms with E-state index in [1.165, 1.54) is 13.8 Å². The third-order valence-electron chi connectivity index (χ3n) is 3.35. The highest BCUT2D eigenvalue weighted by atomic mass is 32.2. The number of sulfonamides is 1. The molecule has 0 aromatic heterocycles. The molecule has 0 spiro atoms.